The number of imide groups is 1. The van der Waals surface area contributed by atoms with Crippen molar-refractivity contribution in [3.8, 4) is 11.5 Å². The lowest BCUT2D eigenvalue weighted by Crippen LogP contribution is -2.54. The Bertz CT molecular complexity index is 863. The zero-order valence-corrected chi connectivity index (χ0v) is 19.8. The summed E-state index contributed by atoms with van der Waals surface area (Å²) in [4.78, 5) is 41.8. The Morgan fingerprint density at radius 1 is 1.19 bits per heavy atom. The highest BCUT2D eigenvalue weighted by atomic mass is 16.5. The number of likely N-dealkylation sites (tertiary alicyclic amines) is 1. The molecule has 3 rings (SSSR count). The van der Waals surface area contributed by atoms with E-state index in [9.17, 15) is 14.4 Å². The van der Waals surface area contributed by atoms with Gasteiger partial charge in [-0.1, -0.05) is 26.0 Å². The van der Waals surface area contributed by atoms with Gasteiger partial charge in [0.15, 0.2) is 11.5 Å². The average molecular weight is 446 g/mol. The van der Waals surface area contributed by atoms with Gasteiger partial charge in [0.1, 0.15) is 5.54 Å². The van der Waals surface area contributed by atoms with E-state index in [2.05, 4.69) is 19.2 Å². The van der Waals surface area contributed by atoms with Crippen molar-refractivity contribution < 1.29 is 23.9 Å². The SMILES string of the molecule is COc1cccc(CN2C(=O)NC(C)(C3CCN(C(=O)CCC(C)C)CC3)C2=O)c1OC. The molecule has 176 valence electrons. The minimum Gasteiger partial charge on any atom is -0.493 e. The summed E-state index contributed by atoms with van der Waals surface area (Å²) in [6.07, 6.45) is 2.82. The van der Waals surface area contributed by atoms with Gasteiger partial charge in [0, 0.05) is 25.1 Å². The highest BCUT2D eigenvalue weighted by molar-refractivity contribution is 6.07. The number of para-hydroxylation sites is 1. The first kappa shape index (κ1) is 23.9. The highest BCUT2D eigenvalue weighted by Gasteiger charge is 2.53. The average Bonchev–Trinajstić information content (AvgIpc) is 3.01. The van der Waals surface area contributed by atoms with Crippen LogP contribution < -0.4 is 14.8 Å². The summed E-state index contributed by atoms with van der Waals surface area (Å²) in [5.41, 5.74) is -0.277. The number of carbonyl (C=O) groups excluding carboxylic acids is 3. The van der Waals surface area contributed by atoms with Crippen LogP contribution in [0.5, 0.6) is 11.5 Å². The van der Waals surface area contributed by atoms with Gasteiger partial charge in [-0.25, -0.2) is 4.79 Å². The number of benzene rings is 1. The maximum atomic E-state index is 13.4. The normalized spacial score (nSPS) is 21.8. The van der Waals surface area contributed by atoms with E-state index in [0.29, 0.717) is 55.3 Å². The molecular weight excluding hydrogens is 410 g/mol. The Morgan fingerprint density at radius 2 is 1.88 bits per heavy atom. The fraction of sp³-hybridized carbons (Fsp3) is 0.625. The number of urea groups is 1. The molecule has 32 heavy (non-hydrogen) atoms. The van der Waals surface area contributed by atoms with Crippen molar-refractivity contribution in [2.75, 3.05) is 27.3 Å². The number of nitrogens with one attached hydrogen (secondary N) is 1. The molecule has 0 radical (unpaired) electrons. The number of hydrogen-bond donors (Lipinski definition) is 1. The molecule has 8 nitrogen and oxygen atoms in total. The minimum absolute atomic E-state index is 0.0229. The van der Waals surface area contributed by atoms with Crippen molar-refractivity contribution in [2.24, 2.45) is 11.8 Å². The first-order valence-electron chi connectivity index (χ1n) is 11.3. The summed E-state index contributed by atoms with van der Waals surface area (Å²) >= 11 is 0. The van der Waals surface area contributed by atoms with E-state index in [-0.39, 0.29) is 24.3 Å². The van der Waals surface area contributed by atoms with Crippen molar-refractivity contribution in [1.82, 2.24) is 15.1 Å². The Hall–Kier alpha value is -2.77. The molecule has 2 aliphatic rings. The van der Waals surface area contributed by atoms with Gasteiger partial charge in [0.25, 0.3) is 5.91 Å². The Labute approximate surface area is 190 Å². The second-order valence-corrected chi connectivity index (χ2v) is 9.26. The molecule has 0 bridgehead atoms. The molecule has 8 heteroatoms. The Balaban J connectivity index is 1.67. The van der Waals surface area contributed by atoms with Gasteiger partial charge < -0.3 is 19.7 Å². The monoisotopic (exact) mass is 445 g/mol. The molecule has 0 aliphatic carbocycles. The fourth-order valence-corrected chi connectivity index (χ4v) is 4.66. The number of methoxy groups -OCH3 is 2. The number of nitrogens with zero attached hydrogens (tertiary/aromatic N) is 2. The largest absolute Gasteiger partial charge is 0.493 e. The van der Waals surface area contributed by atoms with Crippen LogP contribution in [0.4, 0.5) is 4.79 Å². The van der Waals surface area contributed by atoms with Crippen molar-refractivity contribution in [3.63, 3.8) is 0 Å². The maximum absolute atomic E-state index is 13.4. The number of carbonyl (C=O) groups is 3. The van der Waals surface area contributed by atoms with Crippen molar-refractivity contribution in [1.29, 1.82) is 0 Å². The molecule has 2 saturated heterocycles. The molecule has 4 amide bonds. The Kier molecular flexibility index (Phi) is 7.31. The molecule has 0 saturated carbocycles. The molecule has 0 aromatic heterocycles. The molecule has 1 aromatic carbocycles. The summed E-state index contributed by atoms with van der Waals surface area (Å²) in [5.74, 6) is 1.47. The van der Waals surface area contributed by atoms with Crippen LogP contribution in [0, 0.1) is 11.8 Å². The number of hydrogen-bond acceptors (Lipinski definition) is 5. The van der Waals surface area contributed by atoms with Crippen molar-refractivity contribution in [2.45, 2.75) is 58.5 Å². The summed E-state index contributed by atoms with van der Waals surface area (Å²) in [5, 5.41) is 2.93. The van der Waals surface area contributed by atoms with E-state index in [1.54, 1.807) is 26.2 Å². The molecule has 1 N–H and O–H groups in total. The molecule has 1 atom stereocenters. The van der Waals surface area contributed by atoms with Crippen LogP contribution in [-0.2, 0) is 16.1 Å². The predicted octanol–water partition coefficient (Wildman–Crippen LogP) is 3.19. The molecule has 2 aliphatic heterocycles. The Morgan fingerprint density at radius 3 is 2.47 bits per heavy atom. The number of amides is 4. The van der Waals surface area contributed by atoms with Crippen LogP contribution in [-0.4, -0.2) is 60.5 Å². The molecule has 0 spiro atoms. The molecule has 1 unspecified atom stereocenters. The third-order valence-corrected chi connectivity index (χ3v) is 6.71. The number of ether oxygens (including phenoxy) is 2. The zero-order chi connectivity index (χ0) is 23.5. The van der Waals surface area contributed by atoms with Crippen LogP contribution in [0.15, 0.2) is 18.2 Å². The molecule has 1 aromatic rings. The molecule has 2 heterocycles. The fourth-order valence-electron chi connectivity index (χ4n) is 4.66. The number of piperidine rings is 1. The van der Waals surface area contributed by atoms with E-state index in [1.807, 2.05) is 11.0 Å². The van der Waals surface area contributed by atoms with Crippen LogP contribution in [0.2, 0.25) is 0 Å². The van der Waals surface area contributed by atoms with Gasteiger partial charge in [-0.15, -0.1) is 0 Å². The van der Waals surface area contributed by atoms with Crippen LogP contribution in [0.3, 0.4) is 0 Å². The third kappa shape index (κ3) is 4.69. The second kappa shape index (κ2) is 9.79. The first-order chi connectivity index (χ1) is 15.2. The van der Waals surface area contributed by atoms with Gasteiger partial charge in [-0.05, 0) is 44.1 Å². The van der Waals surface area contributed by atoms with E-state index in [0.717, 1.165) is 6.42 Å². The van der Waals surface area contributed by atoms with Crippen LogP contribution in [0.25, 0.3) is 0 Å². The zero-order valence-electron chi connectivity index (χ0n) is 19.8. The summed E-state index contributed by atoms with van der Waals surface area (Å²) in [6.45, 7) is 7.36. The van der Waals surface area contributed by atoms with E-state index < -0.39 is 11.6 Å². The topological polar surface area (TPSA) is 88.2 Å². The van der Waals surface area contributed by atoms with Crippen LogP contribution >= 0.6 is 0 Å². The third-order valence-electron chi connectivity index (χ3n) is 6.71. The summed E-state index contributed by atoms with van der Waals surface area (Å²) in [7, 11) is 3.08. The lowest BCUT2D eigenvalue weighted by Gasteiger charge is -2.39. The lowest BCUT2D eigenvalue weighted by molar-refractivity contribution is -0.135. The van der Waals surface area contributed by atoms with Crippen molar-refractivity contribution in [3.05, 3.63) is 23.8 Å². The highest BCUT2D eigenvalue weighted by Crippen LogP contribution is 2.36. The summed E-state index contributed by atoms with van der Waals surface area (Å²) < 4.78 is 10.8. The van der Waals surface area contributed by atoms with E-state index in [1.165, 1.54) is 12.0 Å². The maximum Gasteiger partial charge on any atom is 0.325 e. The summed E-state index contributed by atoms with van der Waals surface area (Å²) in [6, 6.07) is 4.99. The number of rotatable bonds is 8. The quantitative estimate of drug-likeness (QED) is 0.621. The minimum atomic E-state index is -0.976. The van der Waals surface area contributed by atoms with Gasteiger partial charge in [0.2, 0.25) is 5.91 Å². The predicted molar refractivity (Wildman–Crippen MR) is 120 cm³/mol. The standard InChI is InChI=1S/C24H35N3O5/c1-16(2)9-10-20(28)26-13-11-18(12-14-26)24(3)22(29)27(23(30)25-24)15-17-7-6-8-19(31-4)21(17)32-5/h6-8,16,18H,9-15H2,1-5H3,(H,25,30). The lowest BCUT2D eigenvalue weighted by atomic mass is 9.78. The van der Waals surface area contributed by atoms with Crippen molar-refractivity contribution >= 4 is 17.8 Å². The van der Waals surface area contributed by atoms with Gasteiger partial charge >= 0.3 is 6.03 Å². The first-order valence-corrected chi connectivity index (χ1v) is 11.3. The van der Waals surface area contributed by atoms with Gasteiger partial charge in [-0.3, -0.25) is 14.5 Å². The van der Waals surface area contributed by atoms with Crippen LogP contribution in [0.1, 0.15) is 52.0 Å². The second-order valence-electron chi connectivity index (χ2n) is 9.26. The molecule has 2 fully saturated rings. The smallest absolute Gasteiger partial charge is 0.325 e. The van der Waals surface area contributed by atoms with Gasteiger partial charge in [-0.2, -0.15) is 0 Å². The van der Waals surface area contributed by atoms with Gasteiger partial charge in [0.05, 0.1) is 20.8 Å². The molecular formula is C24H35N3O5. The van der Waals surface area contributed by atoms with E-state index in [4.69, 9.17) is 9.47 Å². The van der Waals surface area contributed by atoms with E-state index >= 15 is 0 Å².